The Morgan fingerprint density at radius 1 is 1.32 bits per heavy atom. The van der Waals surface area contributed by atoms with Crippen LogP contribution in [-0.4, -0.2) is 36.9 Å². The van der Waals surface area contributed by atoms with Crippen LogP contribution < -0.4 is 11.1 Å². The molecule has 1 fully saturated rings. The summed E-state index contributed by atoms with van der Waals surface area (Å²) in [6, 6.07) is 1.90. The van der Waals surface area contributed by atoms with Crippen LogP contribution in [-0.2, 0) is 9.31 Å². The van der Waals surface area contributed by atoms with Crippen LogP contribution in [0.3, 0.4) is 0 Å². The van der Waals surface area contributed by atoms with Gasteiger partial charge in [-0.2, -0.15) is 0 Å². The predicted molar refractivity (Wildman–Crippen MR) is 91.4 cm³/mol. The number of nitrogen functional groups attached to an aromatic ring is 1. The van der Waals surface area contributed by atoms with E-state index in [-0.39, 0.29) is 11.2 Å². The van der Waals surface area contributed by atoms with E-state index in [1.165, 1.54) is 0 Å². The van der Waals surface area contributed by atoms with Gasteiger partial charge in [-0.25, -0.2) is 0 Å². The fourth-order valence-electron chi connectivity index (χ4n) is 2.28. The Morgan fingerprint density at radius 3 is 2.45 bits per heavy atom. The first-order chi connectivity index (χ1) is 10.2. The topological polar surface area (TPSA) is 69.4 Å². The van der Waals surface area contributed by atoms with E-state index in [1.54, 1.807) is 6.20 Å². The average Bonchev–Trinajstić information content (AvgIpc) is 2.63. The quantitative estimate of drug-likeness (QED) is 0.835. The zero-order valence-electron chi connectivity index (χ0n) is 14.4. The second-order valence-electron chi connectivity index (χ2n) is 6.76. The van der Waals surface area contributed by atoms with E-state index in [1.807, 2.05) is 53.8 Å². The standard InChI is InChI=1S/C16H26BN3O2/c1-11-7-8-20-13(14(11)18)9-12(10-19-6)17-21-15(2,3)16(4,5)22-17/h7-9,19H,10,18H2,1-6H3. The minimum atomic E-state index is -0.404. The smallest absolute Gasteiger partial charge is 0.400 e. The monoisotopic (exact) mass is 303 g/mol. The van der Waals surface area contributed by atoms with Gasteiger partial charge in [0.2, 0.25) is 0 Å². The Balaban J connectivity index is 2.35. The maximum absolute atomic E-state index is 6.12. The van der Waals surface area contributed by atoms with E-state index < -0.39 is 7.12 Å². The molecule has 0 amide bonds. The van der Waals surface area contributed by atoms with Crippen molar-refractivity contribution in [2.75, 3.05) is 19.3 Å². The fraction of sp³-hybridized carbons (Fsp3) is 0.562. The van der Waals surface area contributed by atoms with E-state index in [9.17, 15) is 0 Å². The molecule has 1 aromatic rings. The maximum atomic E-state index is 6.12. The Bertz CT molecular complexity index is 569. The summed E-state index contributed by atoms with van der Waals surface area (Å²) in [5.74, 6) is 0. The molecule has 0 saturated carbocycles. The molecular formula is C16H26BN3O2. The van der Waals surface area contributed by atoms with Crippen molar-refractivity contribution in [3.05, 3.63) is 29.0 Å². The van der Waals surface area contributed by atoms with E-state index in [0.717, 1.165) is 16.7 Å². The molecule has 0 unspecified atom stereocenters. The van der Waals surface area contributed by atoms with Crippen LogP contribution in [0, 0.1) is 6.92 Å². The average molecular weight is 303 g/mol. The largest absolute Gasteiger partial charge is 0.491 e. The van der Waals surface area contributed by atoms with Crippen molar-refractivity contribution in [3.63, 3.8) is 0 Å². The summed E-state index contributed by atoms with van der Waals surface area (Å²) in [4.78, 5) is 4.36. The first kappa shape index (κ1) is 17.0. The molecule has 1 aromatic heterocycles. The van der Waals surface area contributed by atoms with Crippen LogP contribution in [0.1, 0.15) is 39.0 Å². The molecule has 22 heavy (non-hydrogen) atoms. The maximum Gasteiger partial charge on any atom is 0.491 e. The zero-order valence-corrected chi connectivity index (χ0v) is 14.4. The molecule has 5 nitrogen and oxygen atoms in total. The van der Waals surface area contributed by atoms with E-state index >= 15 is 0 Å². The molecule has 3 N–H and O–H groups in total. The minimum absolute atomic E-state index is 0.365. The van der Waals surface area contributed by atoms with Gasteiger partial charge in [-0.15, -0.1) is 0 Å². The Hall–Kier alpha value is -1.37. The Kier molecular flexibility index (Phi) is 4.66. The first-order valence-electron chi connectivity index (χ1n) is 7.60. The summed E-state index contributed by atoms with van der Waals surface area (Å²) in [7, 11) is 1.49. The number of hydrogen-bond donors (Lipinski definition) is 2. The highest BCUT2D eigenvalue weighted by molar-refractivity contribution is 6.56. The van der Waals surface area contributed by atoms with Crippen molar-refractivity contribution >= 4 is 18.9 Å². The summed E-state index contributed by atoms with van der Waals surface area (Å²) < 4.78 is 12.2. The van der Waals surface area contributed by atoms with Crippen molar-refractivity contribution in [2.24, 2.45) is 0 Å². The van der Waals surface area contributed by atoms with Crippen molar-refractivity contribution in [1.82, 2.24) is 10.3 Å². The summed E-state index contributed by atoms with van der Waals surface area (Å²) >= 11 is 0. The van der Waals surface area contributed by atoms with Crippen molar-refractivity contribution in [3.8, 4) is 0 Å². The van der Waals surface area contributed by atoms with Gasteiger partial charge in [-0.1, -0.05) is 0 Å². The van der Waals surface area contributed by atoms with Gasteiger partial charge < -0.3 is 20.4 Å². The van der Waals surface area contributed by atoms with E-state index in [4.69, 9.17) is 15.0 Å². The Morgan fingerprint density at radius 2 is 1.91 bits per heavy atom. The van der Waals surface area contributed by atoms with Gasteiger partial charge in [0.1, 0.15) is 0 Å². The molecule has 6 heteroatoms. The number of nitrogens with two attached hydrogens (primary N) is 1. The van der Waals surface area contributed by atoms with Gasteiger partial charge in [0.25, 0.3) is 0 Å². The van der Waals surface area contributed by atoms with Crippen molar-refractivity contribution < 1.29 is 9.31 Å². The summed E-state index contributed by atoms with van der Waals surface area (Å²) in [5, 5.41) is 3.16. The molecule has 0 aliphatic carbocycles. The molecule has 1 saturated heterocycles. The third-order valence-corrected chi connectivity index (χ3v) is 4.50. The highest BCUT2D eigenvalue weighted by atomic mass is 16.7. The van der Waals surface area contributed by atoms with Gasteiger partial charge >= 0.3 is 7.12 Å². The number of anilines is 1. The number of hydrogen-bond acceptors (Lipinski definition) is 5. The minimum Gasteiger partial charge on any atom is -0.400 e. The summed E-state index contributed by atoms with van der Waals surface area (Å²) in [6.07, 6.45) is 3.72. The fourth-order valence-corrected chi connectivity index (χ4v) is 2.28. The number of aromatic nitrogens is 1. The second-order valence-corrected chi connectivity index (χ2v) is 6.76. The lowest BCUT2D eigenvalue weighted by Gasteiger charge is -2.32. The first-order valence-corrected chi connectivity index (χ1v) is 7.60. The lowest BCUT2D eigenvalue weighted by molar-refractivity contribution is 0.00578. The normalized spacial score (nSPS) is 20.5. The molecular weight excluding hydrogens is 277 g/mol. The number of rotatable bonds is 4. The van der Waals surface area contributed by atoms with Gasteiger partial charge in [-0.05, 0) is 64.8 Å². The molecule has 0 radical (unpaired) electrons. The lowest BCUT2D eigenvalue weighted by Crippen LogP contribution is -2.41. The van der Waals surface area contributed by atoms with E-state index in [2.05, 4.69) is 10.3 Å². The van der Waals surface area contributed by atoms with E-state index in [0.29, 0.717) is 12.2 Å². The third-order valence-electron chi connectivity index (χ3n) is 4.50. The molecule has 1 aliphatic rings. The van der Waals surface area contributed by atoms with Gasteiger partial charge in [0.15, 0.2) is 0 Å². The number of aryl methyl sites for hydroxylation is 1. The lowest BCUT2D eigenvalue weighted by atomic mass is 9.77. The molecule has 0 bridgehead atoms. The van der Waals surface area contributed by atoms with Gasteiger partial charge in [-0.3, -0.25) is 4.98 Å². The summed E-state index contributed by atoms with van der Waals surface area (Å²) in [6.45, 7) is 10.8. The van der Waals surface area contributed by atoms with Crippen LogP contribution in [0.4, 0.5) is 5.69 Å². The SMILES string of the molecule is CNCC(=Cc1nccc(C)c1N)B1OC(C)(C)C(C)(C)O1. The van der Waals surface area contributed by atoms with Gasteiger partial charge in [0.05, 0.1) is 22.6 Å². The molecule has 2 rings (SSSR count). The molecule has 120 valence electrons. The van der Waals surface area contributed by atoms with Crippen LogP contribution >= 0.6 is 0 Å². The van der Waals surface area contributed by atoms with Gasteiger partial charge in [0, 0.05) is 12.7 Å². The molecule has 1 aliphatic heterocycles. The molecule has 2 heterocycles. The molecule has 0 spiro atoms. The number of pyridine rings is 1. The molecule has 0 aromatic carbocycles. The molecule has 0 atom stereocenters. The Labute approximate surface area is 133 Å². The zero-order chi connectivity index (χ0) is 16.5. The predicted octanol–water partition coefficient (Wildman–Crippen LogP) is 2.21. The second kappa shape index (κ2) is 6.03. The highest BCUT2D eigenvalue weighted by Crippen LogP contribution is 2.38. The number of nitrogens with one attached hydrogen (secondary N) is 1. The van der Waals surface area contributed by atoms with Crippen molar-refractivity contribution in [2.45, 2.75) is 45.8 Å². The van der Waals surface area contributed by atoms with Crippen molar-refractivity contribution in [1.29, 1.82) is 0 Å². The highest BCUT2D eigenvalue weighted by Gasteiger charge is 2.52. The number of likely N-dealkylation sites (N-methyl/N-ethyl adjacent to an activating group) is 1. The van der Waals surface area contributed by atoms with Crippen LogP contribution in [0.2, 0.25) is 0 Å². The summed E-state index contributed by atoms with van der Waals surface area (Å²) in [5.41, 5.74) is 8.82. The number of nitrogens with zero attached hydrogens (tertiary/aromatic N) is 1. The van der Waals surface area contributed by atoms with Crippen LogP contribution in [0.25, 0.3) is 6.08 Å². The van der Waals surface area contributed by atoms with Crippen LogP contribution in [0.5, 0.6) is 0 Å². The van der Waals surface area contributed by atoms with Crippen LogP contribution in [0.15, 0.2) is 17.7 Å². The third kappa shape index (κ3) is 3.19.